The molecule has 3 aromatic rings. The third kappa shape index (κ3) is 3.87. The Morgan fingerprint density at radius 1 is 1.30 bits per heavy atom. The van der Waals surface area contributed by atoms with Crippen molar-refractivity contribution in [2.75, 3.05) is 11.9 Å². The molecule has 1 amide bonds. The topological polar surface area (TPSA) is 68.5 Å². The number of nitrogens with one attached hydrogen (secondary N) is 1. The van der Waals surface area contributed by atoms with Crippen molar-refractivity contribution in [1.82, 2.24) is 14.6 Å². The van der Waals surface area contributed by atoms with Crippen molar-refractivity contribution in [3.8, 4) is 5.75 Å². The maximum absolute atomic E-state index is 11.9. The Morgan fingerprint density at radius 3 is 2.83 bits per heavy atom. The molecule has 7 heteroatoms. The number of thiazole rings is 1. The van der Waals surface area contributed by atoms with Gasteiger partial charge < -0.3 is 4.74 Å². The van der Waals surface area contributed by atoms with E-state index in [0.717, 1.165) is 16.4 Å². The van der Waals surface area contributed by atoms with Gasteiger partial charge in [0.15, 0.2) is 0 Å². The minimum atomic E-state index is -0.103. The Labute approximate surface area is 138 Å². The van der Waals surface area contributed by atoms with Gasteiger partial charge in [0.1, 0.15) is 5.75 Å². The van der Waals surface area contributed by atoms with E-state index in [1.54, 1.807) is 4.52 Å². The van der Waals surface area contributed by atoms with Gasteiger partial charge in [0.2, 0.25) is 16.8 Å². The minimum absolute atomic E-state index is 0.103. The van der Waals surface area contributed by atoms with Crippen LogP contribution in [0.2, 0.25) is 0 Å². The summed E-state index contributed by atoms with van der Waals surface area (Å²) in [6.07, 6.45) is 1.01. The molecule has 0 fully saturated rings. The standard InChI is InChI=1S/C16H18N4O2S/c1-11-5-7-13(8-6-11)22-9-3-4-14(21)17-15-18-16-20(19-15)12(2)10-23-16/h5-8,10H,3-4,9H2,1-2H3,(H,17,19,21). The lowest BCUT2D eigenvalue weighted by Crippen LogP contribution is -2.14. The van der Waals surface area contributed by atoms with E-state index in [-0.39, 0.29) is 5.91 Å². The molecule has 0 saturated carbocycles. The summed E-state index contributed by atoms with van der Waals surface area (Å²) in [5, 5.41) is 8.94. The SMILES string of the molecule is Cc1ccc(OCCCC(=O)Nc2nc3scc(C)n3n2)cc1. The van der Waals surface area contributed by atoms with Crippen LogP contribution in [0.3, 0.4) is 0 Å². The maximum Gasteiger partial charge on any atom is 0.250 e. The number of carbonyl (C=O) groups is 1. The van der Waals surface area contributed by atoms with E-state index in [2.05, 4.69) is 15.4 Å². The van der Waals surface area contributed by atoms with Crippen molar-refractivity contribution in [1.29, 1.82) is 0 Å². The molecule has 0 aliphatic rings. The maximum atomic E-state index is 11.9. The van der Waals surface area contributed by atoms with Gasteiger partial charge in [-0.05, 0) is 32.4 Å². The summed E-state index contributed by atoms with van der Waals surface area (Å²) in [6, 6.07) is 7.86. The summed E-state index contributed by atoms with van der Waals surface area (Å²) in [4.78, 5) is 16.9. The number of fused-ring (bicyclic) bond motifs is 1. The van der Waals surface area contributed by atoms with Gasteiger partial charge in [-0.3, -0.25) is 10.1 Å². The fraction of sp³-hybridized carbons (Fsp3) is 0.312. The van der Waals surface area contributed by atoms with Crippen LogP contribution in [0.4, 0.5) is 5.95 Å². The van der Waals surface area contributed by atoms with Crippen LogP contribution in [0.25, 0.3) is 4.96 Å². The quantitative estimate of drug-likeness (QED) is 0.705. The number of amides is 1. The van der Waals surface area contributed by atoms with Crippen molar-refractivity contribution >= 4 is 28.2 Å². The van der Waals surface area contributed by atoms with Gasteiger partial charge in [0.25, 0.3) is 0 Å². The first-order valence-electron chi connectivity index (χ1n) is 7.42. The average Bonchev–Trinajstić information content (AvgIpc) is 3.07. The molecule has 0 unspecified atom stereocenters. The lowest BCUT2D eigenvalue weighted by molar-refractivity contribution is -0.116. The van der Waals surface area contributed by atoms with Crippen LogP contribution in [-0.2, 0) is 4.79 Å². The summed E-state index contributed by atoms with van der Waals surface area (Å²) in [5.74, 6) is 1.07. The minimum Gasteiger partial charge on any atom is -0.494 e. The van der Waals surface area contributed by atoms with Gasteiger partial charge in [0, 0.05) is 11.8 Å². The van der Waals surface area contributed by atoms with E-state index in [9.17, 15) is 4.79 Å². The number of nitrogens with zero attached hydrogens (tertiary/aromatic N) is 3. The second-order valence-corrected chi connectivity index (χ2v) is 6.16. The second kappa shape index (κ2) is 6.78. The highest BCUT2D eigenvalue weighted by molar-refractivity contribution is 7.15. The first-order chi connectivity index (χ1) is 11.1. The number of hydrogen-bond acceptors (Lipinski definition) is 5. The Hall–Kier alpha value is -2.41. The predicted octanol–water partition coefficient (Wildman–Crippen LogP) is 3.21. The number of carbonyl (C=O) groups excluding carboxylic acids is 1. The molecule has 2 aromatic heterocycles. The van der Waals surface area contributed by atoms with Gasteiger partial charge in [-0.2, -0.15) is 4.98 Å². The van der Waals surface area contributed by atoms with E-state index >= 15 is 0 Å². The summed E-state index contributed by atoms with van der Waals surface area (Å²) >= 11 is 1.50. The molecule has 3 rings (SSSR count). The van der Waals surface area contributed by atoms with Crippen molar-refractivity contribution < 1.29 is 9.53 Å². The number of ether oxygens (including phenoxy) is 1. The summed E-state index contributed by atoms with van der Waals surface area (Å²) in [5.41, 5.74) is 2.20. The Balaban J connectivity index is 1.43. The molecule has 1 N–H and O–H groups in total. The molecule has 0 spiro atoms. The molecule has 0 saturated heterocycles. The highest BCUT2D eigenvalue weighted by atomic mass is 32.1. The fourth-order valence-electron chi connectivity index (χ4n) is 2.09. The number of benzene rings is 1. The Morgan fingerprint density at radius 2 is 2.09 bits per heavy atom. The molecule has 2 heterocycles. The number of aryl methyl sites for hydroxylation is 2. The van der Waals surface area contributed by atoms with Crippen LogP contribution in [0, 0.1) is 13.8 Å². The molecule has 0 radical (unpaired) electrons. The molecule has 1 aromatic carbocycles. The first-order valence-corrected chi connectivity index (χ1v) is 8.30. The highest BCUT2D eigenvalue weighted by Gasteiger charge is 2.10. The zero-order valence-corrected chi connectivity index (χ0v) is 13.9. The lowest BCUT2D eigenvalue weighted by atomic mass is 10.2. The lowest BCUT2D eigenvalue weighted by Gasteiger charge is -2.06. The molecular weight excluding hydrogens is 312 g/mol. The van der Waals surface area contributed by atoms with Crippen molar-refractivity contribution in [3.63, 3.8) is 0 Å². The van der Waals surface area contributed by atoms with E-state index < -0.39 is 0 Å². The van der Waals surface area contributed by atoms with Crippen LogP contribution in [0.1, 0.15) is 24.1 Å². The summed E-state index contributed by atoms with van der Waals surface area (Å²) in [7, 11) is 0. The Bertz CT molecular complexity index is 807. The van der Waals surface area contributed by atoms with Crippen LogP contribution in [-0.4, -0.2) is 27.1 Å². The summed E-state index contributed by atoms with van der Waals surface area (Å²) < 4.78 is 7.32. The molecular formula is C16H18N4O2S. The van der Waals surface area contributed by atoms with E-state index in [1.807, 2.05) is 43.5 Å². The third-order valence-electron chi connectivity index (χ3n) is 3.34. The smallest absolute Gasteiger partial charge is 0.250 e. The number of aromatic nitrogens is 3. The zero-order valence-electron chi connectivity index (χ0n) is 13.1. The molecule has 0 aliphatic heterocycles. The zero-order chi connectivity index (χ0) is 16.2. The van der Waals surface area contributed by atoms with E-state index in [1.165, 1.54) is 16.9 Å². The van der Waals surface area contributed by atoms with Crippen LogP contribution in [0.15, 0.2) is 29.6 Å². The van der Waals surface area contributed by atoms with Crippen LogP contribution < -0.4 is 10.1 Å². The average molecular weight is 330 g/mol. The molecule has 23 heavy (non-hydrogen) atoms. The fourth-order valence-corrected chi connectivity index (χ4v) is 2.89. The molecule has 0 aliphatic carbocycles. The van der Waals surface area contributed by atoms with Crippen LogP contribution >= 0.6 is 11.3 Å². The molecule has 0 atom stereocenters. The molecule has 6 nitrogen and oxygen atoms in total. The number of anilines is 1. The number of rotatable bonds is 6. The second-order valence-electron chi connectivity index (χ2n) is 5.32. The Kier molecular flexibility index (Phi) is 4.57. The highest BCUT2D eigenvalue weighted by Crippen LogP contribution is 2.15. The largest absolute Gasteiger partial charge is 0.494 e. The van der Waals surface area contributed by atoms with Crippen molar-refractivity contribution in [3.05, 3.63) is 40.9 Å². The van der Waals surface area contributed by atoms with E-state index in [4.69, 9.17) is 4.74 Å². The number of hydrogen-bond donors (Lipinski definition) is 1. The molecule has 0 bridgehead atoms. The van der Waals surface area contributed by atoms with Crippen LogP contribution in [0.5, 0.6) is 5.75 Å². The third-order valence-corrected chi connectivity index (χ3v) is 4.27. The van der Waals surface area contributed by atoms with Gasteiger partial charge in [-0.25, -0.2) is 4.52 Å². The monoisotopic (exact) mass is 330 g/mol. The van der Waals surface area contributed by atoms with Gasteiger partial charge in [0.05, 0.1) is 12.3 Å². The van der Waals surface area contributed by atoms with E-state index in [0.29, 0.717) is 25.4 Å². The van der Waals surface area contributed by atoms with Crippen molar-refractivity contribution in [2.45, 2.75) is 26.7 Å². The van der Waals surface area contributed by atoms with Crippen molar-refractivity contribution in [2.24, 2.45) is 0 Å². The molecule has 120 valence electrons. The van der Waals surface area contributed by atoms with Gasteiger partial charge in [-0.15, -0.1) is 16.4 Å². The summed E-state index contributed by atoms with van der Waals surface area (Å²) in [6.45, 7) is 4.48. The van der Waals surface area contributed by atoms with Gasteiger partial charge in [-0.1, -0.05) is 17.7 Å². The predicted molar refractivity (Wildman–Crippen MR) is 90.1 cm³/mol. The normalized spacial score (nSPS) is 10.9. The van der Waals surface area contributed by atoms with Gasteiger partial charge >= 0.3 is 0 Å². The first kappa shape index (κ1) is 15.5.